The van der Waals surface area contributed by atoms with Crippen LogP contribution in [0.15, 0.2) is 48.5 Å². The Morgan fingerprint density at radius 2 is 0.396 bits per heavy atom. The first-order valence-corrected chi connectivity index (χ1v) is 95.5. The van der Waals surface area contributed by atoms with Crippen molar-refractivity contribution in [1.82, 2.24) is 0 Å². The van der Waals surface area contributed by atoms with E-state index in [0.717, 1.165) is 0 Å². The van der Waals surface area contributed by atoms with Crippen LogP contribution in [0.5, 0.6) is 0 Å². The summed E-state index contributed by atoms with van der Waals surface area (Å²) in [4.78, 5) is 0. The number of benzene rings is 4. The van der Waals surface area contributed by atoms with E-state index in [-0.39, 0.29) is 0 Å². The van der Waals surface area contributed by atoms with Crippen LogP contribution in [0.3, 0.4) is 0 Å². The van der Waals surface area contributed by atoms with E-state index in [1.165, 1.54) is 0 Å². The quantitative estimate of drug-likeness (QED) is 0.0520. The van der Waals surface area contributed by atoms with Gasteiger partial charge in [0.15, 0.2) is 0 Å². The van der Waals surface area contributed by atoms with E-state index in [0.29, 0.717) is 66.5 Å². The average Bonchev–Trinajstić information content (AvgIpc) is 0.680. The molecule has 0 unspecified atom stereocenters. The van der Waals surface area contributed by atoms with Gasteiger partial charge < -0.3 is 0 Å². The van der Waals surface area contributed by atoms with Crippen LogP contribution in [0.1, 0.15) is 216 Å². The van der Waals surface area contributed by atoms with Crippen LogP contribution >= 0.6 is 20.2 Å². The van der Waals surface area contributed by atoms with Gasteiger partial charge in [-0.3, -0.25) is 0 Å². The van der Waals surface area contributed by atoms with Crippen molar-refractivity contribution in [2.24, 2.45) is 0 Å². The molecule has 1 aliphatic rings. The molecule has 4 aromatic rings. The molecule has 1 heterocycles. The first-order chi connectivity index (χ1) is 44.7. The molecular weight excluding hydrogens is 1570 g/mol. The molecule has 0 bridgehead atoms. The zero-order chi connectivity index (χ0) is 78.9. The van der Waals surface area contributed by atoms with Crippen LogP contribution in [0.2, 0.25) is 236 Å². The fourth-order valence-corrected chi connectivity index (χ4v) is 156. The summed E-state index contributed by atoms with van der Waals surface area (Å²) in [7, 11) is -21.3. The third-order valence-electron chi connectivity index (χ3n) is 22.8. The van der Waals surface area contributed by atoms with Gasteiger partial charge >= 0.3 is 663 Å². The maximum atomic E-state index is 3.14. The van der Waals surface area contributed by atoms with Crippen LogP contribution in [0.25, 0.3) is 0 Å². The summed E-state index contributed by atoms with van der Waals surface area (Å²) in [6, 6.07) is 23.9. The van der Waals surface area contributed by atoms with Gasteiger partial charge in [0.1, 0.15) is 0 Å². The van der Waals surface area contributed by atoms with E-state index in [1.807, 2.05) is 42.9 Å². The summed E-state index contributed by atoms with van der Waals surface area (Å²) in [6.45, 7) is 133. The number of hydrogen-bond donors (Lipinski definition) is 0. The minimum absolute atomic E-state index is 0.400. The van der Waals surface area contributed by atoms with E-state index in [4.69, 9.17) is 0 Å². The molecule has 572 valence electrons. The predicted molar refractivity (Wildman–Crippen MR) is 517 cm³/mol. The zero-order valence-electron chi connectivity index (χ0n) is 75.9. The van der Waals surface area contributed by atoms with Gasteiger partial charge in [-0.1, -0.05) is 0 Å². The van der Waals surface area contributed by atoms with Crippen molar-refractivity contribution in [2.45, 2.75) is 385 Å². The molecule has 0 saturated carbocycles. The summed E-state index contributed by atoms with van der Waals surface area (Å²) >= 11 is -3.01. The molecule has 0 aromatic heterocycles. The van der Waals surface area contributed by atoms with E-state index in [1.54, 1.807) is 44.5 Å². The zero-order valence-corrected chi connectivity index (χ0v) is 93.7. The predicted octanol–water partition coefficient (Wildman–Crippen LogP) is 27.5. The molecular formula is C85H164Ge2S2Si12. The van der Waals surface area contributed by atoms with Gasteiger partial charge in [-0.25, -0.2) is 0 Å². The van der Waals surface area contributed by atoms with Crippen LogP contribution in [-0.4, -0.2) is 125 Å². The van der Waals surface area contributed by atoms with Gasteiger partial charge in [0, 0.05) is 0 Å². The summed E-state index contributed by atoms with van der Waals surface area (Å²) < 4.78 is 9.78. The van der Waals surface area contributed by atoms with Crippen molar-refractivity contribution in [1.29, 1.82) is 0 Å². The summed E-state index contributed by atoms with van der Waals surface area (Å²) in [5, 5.41) is 3.79. The van der Waals surface area contributed by atoms with Crippen LogP contribution in [-0.2, 0) is 0 Å². The van der Waals surface area contributed by atoms with Crippen molar-refractivity contribution in [3.63, 3.8) is 0 Å². The Kier molecular flexibility index (Phi) is 29.0. The molecule has 16 heteroatoms. The number of rotatable bonds is 28. The summed E-state index contributed by atoms with van der Waals surface area (Å²) in [5.41, 5.74) is 21.2. The molecule has 0 aliphatic carbocycles. The Morgan fingerprint density at radius 1 is 0.218 bits per heavy atom. The van der Waals surface area contributed by atoms with E-state index in [9.17, 15) is 0 Å². The van der Waals surface area contributed by atoms with Crippen molar-refractivity contribution >= 4 is 163 Å². The van der Waals surface area contributed by atoms with Gasteiger partial charge in [0.25, 0.3) is 0 Å². The first kappa shape index (κ1) is 92.7. The normalized spacial score (nSPS) is 16.7. The van der Waals surface area contributed by atoms with Gasteiger partial charge in [0.05, 0.1) is 0 Å². The standard InChI is InChI=1S/C85H164Ge2S2Si12/c1-57(2)63-49-67(59(5)6)75(68(50-63)60(7)8)86(76-71(81(94(25,26)27)95(28,29)30)53-65(79(90(13,14)15)91(16,17)18)54-72(76)82(96(31,32)33)97(34,35)36)85-88-87(89-85,77-69(61(9)10)51-64(58(3)4)52-70(77)62(11)12)78-73(83(98(37,38)39)99(40,41)42)55-66(80(92(19,20)21)93(22,23)24)56-74(78)84(100(43,44)45)101(46,47)48/h49-62,79-84H,1-48H3. The molecule has 1 fully saturated rings. The van der Waals surface area contributed by atoms with Crippen molar-refractivity contribution < 1.29 is 0 Å². The molecule has 0 radical (unpaired) electrons. The molecule has 0 nitrogen and oxygen atoms in total. The molecule has 0 N–H and O–H groups in total. The molecule has 101 heavy (non-hydrogen) atoms. The molecule has 0 amide bonds. The number of hydrogen-bond acceptors (Lipinski definition) is 2. The maximum absolute atomic E-state index is 4.02. The first-order valence-electron chi connectivity index (χ1n) is 40.5. The molecule has 0 atom stereocenters. The SMILES string of the molecule is CC(C)c1cc(C(C)C)[c]([Ge](=[C]2[S][Ge]([c]3c(C(C)C)cc(C(C)C)cc3C(C)C)([c]3c(C([Si](C)(C)C)[Si](C)(C)C)cc(C([Si](C)(C)C)[Si](C)(C)C)cc3C([Si](C)(C)C)[Si](C)(C)C)[S]2)[c]2c(C([Si](C)(C)C)[Si](C)(C)C)cc(C([Si](C)(C)C)[Si](C)(C)C)cc2C([Si](C)(C)C)[Si](C)(C)C)c(C(C)C)c1. The van der Waals surface area contributed by atoms with Crippen molar-refractivity contribution in [2.75, 3.05) is 0 Å². The third-order valence-corrected chi connectivity index (χ3v) is 114. The fourth-order valence-electron chi connectivity index (χ4n) is 22.5. The van der Waals surface area contributed by atoms with Crippen LogP contribution in [0, 0.1) is 0 Å². The molecule has 4 aromatic carbocycles. The van der Waals surface area contributed by atoms with Gasteiger partial charge in [-0.05, 0) is 0 Å². The molecule has 5 rings (SSSR count). The van der Waals surface area contributed by atoms with Gasteiger partial charge in [-0.15, -0.1) is 0 Å². The Labute approximate surface area is 656 Å². The Morgan fingerprint density at radius 3 is 0.604 bits per heavy atom. The molecule has 0 spiro atoms. The van der Waals surface area contributed by atoms with E-state index in [2.05, 4.69) is 387 Å². The molecule has 1 saturated heterocycles. The monoisotopic (exact) mass is 1730 g/mol. The molecule has 1 aliphatic heterocycles. The Bertz CT molecular complexity index is 3370. The van der Waals surface area contributed by atoms with Crippen LogP contribution in [0.4, 0.5) is 0 Å². The summed E-state index contributed by atoms with van der Waals surface area (Å²) in [5.74, 6) is 2.51. The van der Waals surface area contributed by atoms with E-state index < -0.39 is 122 Å². The summed E-state index contributed by atoms with van der Waals surface area (Å²) in [6.07, 6.45) is 0. The van der Waals surface area contributed by atoms with Gasteiger partial charge in [0.2, 0.25) is 0 Å². The Balaban J connectivity index is 2.63. The second-order valence-electron chi connectivity index (χ2n) is 47.7. The van der Waals surface area contributed by atoms with Crippen LogP contribution < -0.4 is 17.6 Å². The van der Waals surface area contributed by atoms with Crippen molar-refractivity contribution in [3.8, 4) is 0 Å². The van der Waals surface area contributed by atoms with Gasteiger partial charge in [-0.2, -0.15) is 0 Å². The Hall–Kier alpha value is 1.14. The minimum atomic E-state index is -4.02. The topological polar surface area (TPSA) is 0 Å². The third kappa shape index (κ3) is 20.7. The second kappa shape index (κ2) is 31.6. The second-order valence-corrected chi connectivity index (χ2v) is 138. The fraction of sp³-hybridized carbons (Fsp3) is 0.706. The van der Waals surface area contributed by atoms with E-state index >= 15 is 0 Å². The average molecular weight is 1730 g/mol. The van der Waals surface area contributed by atoms with Crippen molar-refractivity contribution in [3.05, 3.63) is 115 Å².